The molecule has 3 rings (SSSR count). The number of piperidine rings is 1. The summed E-state index contributed by atoms with van der Waals surface area (Å²) in [6.07, 6.45) is 7.38. The van der Waals surface area contributed by atoms with Gasteiger partial charge >= 0.3 is 0 Å². The first-order valence-electron chi connectivity index (χ1n) is 8.78. The van der Waals surface area contributed by atoms with Crippen LogP contribution >= 0.6 is 11.8 Å². The summed E-state index contributed by atoms with van der Waals surface area (Å²) in [5.41, 5.74) is 0. The Kier molecular flexibility index (Phi) is 5.78. The molecule has 2 aromatic heterocycles. The Bertz CT molecular complexity index is 688. The fraction of sp³-hybridized carbons (Fsp3) is 0.647. The minimum atomic E-state index is 0.260. The molecule has 0 N–H and O–H groups in total. The maximum atomic E-state index is 12.3. The van der Waals surface area contributed by atoms with Crippen molar-refractivity contribution in [2.75, 3.05) is 18.8 Å². The van der Waals surface area contributed by atoms with E-state index in [0.29, 0.717) is 23.5 Å². The lowest BCUT2D eigenvalue weighted by molar-refractivity contribution is -0.129. The molecule has 25 heavy (non-hydrogen) atoms. The van der Waals surface area contributed by atoms with Gasteiger partial charge in [-0.15, -0.1) is 22.0 Å². The van der Waals surface area contributed by atoms with Crippen LogP contribution in [-0.2, 0) is 18.4 Å². The summed E-state index contributed by atoms with van der Waals surface area (Å²) in [7, 11) is 2.03. The van der Waals surface area contributed by atoms with Gasteiger partial charge in [0.25, 0.3) is 0 Å². The van der Waals surface area contributed by atoms with Gasteiger partial charge in [0.2, 0.25) is 5.91 Å². The van der Waals surface area contributed by atoms with E-state index in [1.54, 1.807) is 24.3 Å². The van der Waals surface area contributed by atoms with Crippen molar-refractivity contribution in [1.29, 1.82) is 0 Å². The van der Waals surface area contributed by atoms with Crippen molar-refractivity contribution in [3.63, 3.8) is 0 Å². The summed E-state index contributed by atoms with van der Waals surface area (Å²) >= 11 is 1.71. The van der Waals surface area contributed by atoms with Crippen LogP contribution in [-0.4, -0.2) is 59.2 Å². The second kappa shape index (κ2) is 8.03. The molecule has 1 amide bonds. The van der Waals surface area contributed by atoms with Crippen LogP contribution < -0.4 is 0 Å². The number of rotatable bonds is 6. The first-order chi connectivity index (χ1) is 12.0. The summed E-state index contributed by atoms with van der Waals surface area (Å²) in [5.74, 6) is 3.17. The number of amides is 1. The summed E-state index contributed by atoms with van der Waals surface area (Å²) in [5, 5.41) is 9.26. The van der Waals surface area contributed by atoms with Gasteiger partial charge in [0.15, 0.2) is 5.82 Å². The van der Waals surface area contributed by atoms with Gasteiger partial charge in [-0.25, -0.2) is 4.98 Å². The number of nitrogens with zero attached hydrogens (tertiary/aromatic N) is 6. The van der Waals surface area contributed by atoms with E-state index in [2.05, 4.69) is 33.6 Å². The van der Waals surface area contributed by atoms with E-state index in [9.17, 15) is 4.79 Å². The zero-order chi connectivity index (χ0) is 17.8. The Hall–Kier alpha value is -1.83. The highest BCUT2D eigenvalue weighted by molar-refractivity contribution is 8.00. The van der Waals surface area contributed by atoms with Crippen molar-refractivity contribution in [1.82, 2.24) is 29.2 Å². The van der Waals surface area contributed by atoms with Crippen LogP contribution in [0.4, 0.5) is 0 Å². The molecule has 0 saturated carbocycles. The fourth-order valence-electron chi connectivity index (χ4n) is 3.13. The van der Waals surface area contributed by atoms with E-state index in [1.165, 1.54) is 0 Å². The van der Waals surface area contributed by atoms with E-state index < -0.39 is 0 Å². The number of thioether (sulfide) groups is 1. The van der Waals surface area contributed by atoms with Gasteiger partial charge < -0.3 is 14.0 Å². The third-order valence-corrected chi connectivity index (χ3v) is 5.72. The average Bonchev–Trinajstić information content (AvgIpc) is 3.24. The molecule has 8 heteroatoms. The Balaban J connectivity index is 1.56. The normalized spacial score (nSPS) is 15.9. The molecule has 1 aliphatic rings. The van der Waals surface area contributed by atoms with Crippen LogP contribution in [0.15, 0.2) is 18.7 Å². The molecule has 0 radical (unpaired) electrons. The van der Waals surface area contributed by atoms with Crippen LogP contribution in [0.1, 0.15) is 44.3 Å². The molecule has 3 heterocycles. The maximum absolute atomic E-state index is 12.3. The molecule has 0 atom stereocenters. The molecule has 0 aliphatic carbocycles. The summed E-state index contributed by atoms with van der Waals surface area (Å²) in [6.45, 7) is 6.55. The van der Waals surface area contributed by atoms with Crippen LogP contribution in [0, 0.1) is 0 Å². The average molecular weight is 363 g/mol. The maximum Gasteiger partial charge on any atom is 0.232 e. The number of hydrogen-bond acceptors (Lipinski definition) is 5. The molecule has 0 bridgehead atoms. The van der Waals surface area contributed by atoms with Crippen molar-refractivity contribution in [3.05, 3.63) is 30.4 Å². The van der Waals surface area contributed by atoms with E-state index in [-0.39, 0.29) is 5.91 Å². The van der Waals surface area contributed by atoms with Crippen molar-refractivity contribution in [2.45, 2.75) is 44.4 Å². The minimum absolute atomic E-state index is 0.260. The molecule has 2 aromatic rings. The number of hydrogen-bond donors (Lipinski definition) is 0. The molecule has 1 aliphatic heterocycles. The predicted octanol–water partition coefficient (Wildman–Crippen LogP) is 1.91. The number of likely N-dealkylation sites (tertiary alicyclic amines) is 1. The number of aromatic nitrogens is 5. The number of carbonyl (C=O) groups excluding carboxylic acids is 1. The van der Waals surface area contributed by atoms with Gasteiger partial charge in [0.1, 0.15) is 5.82 Å². The van der Waals surface area contributed by atoms with Gasteiger partial charge in [-0.1, -0.05) is 13.8 Å². The van der Waals surface area contributed by atoms with Crippen LogP contribution in [0.25, 0.3) is 0 Å². The highest BCUT2D eigenvalue weighted by atomic mass is 32.2. The Morgan fingerprint density at radius 2 is 2.08 bits per heavy atom. The third-order valence-electron chi connectivity index (χ3n) is 4.63. The second-order valence-corrected chi connectivity index (χ2v) is 8.35. The Morgan fingerprint density at radius 3 is 2.72 bits per heavy atom. The molecule has 1 fully saturated rings. The smallest absolute Gasteiger partial charge is 0.232 e. The topological polar surface area (TPSA) is 68.8 Å². The Morgan fingerprint density at radius 1 is 1.32 bits per heavy atom. The van der Waals surface area contributed by atoms with Crippen LogP contribution in [0.2, 0.25) is 0 Å². The SMILES string of the molecule is CC(C)SCC(=O)N1CCC(c2nnc(Cn3ccnc3)n2C)CC1. The van der Waals surface area contributed by atoms with Gasteiger partial charge in [0.05, 0.1) is 18.6 Å². The molecule has 136 valence electrons. The number of imidazole rings is 1. The Labute approximate surface area is 152 Å². The first kappa shape index (κ1) is 18.0. The number of carbonyl (C=O) groups is 1. The molecule has 0 spiro atoms. The van der Waals surface area contributed by atoms with E-state index in [1.807, 2.05) is 22.7 Å². The molecule has 0 unspecified atom stereocenters. The largest absolute Gasteiger partial charge is 0.342 e. The van der Waals surface area contributed by atoms with Crippen molar-refractivity contribution < 1.29 is 4.79 Å². The van der Waals surface area contributed by atoms with Crippen molar-refractivity contribution in [2.24, 2.45) is 7.05 Å². The second-order valence-electron chi connectivity index (χ2n) is 6.78. The summed E-state index contributed by atoms with van der Waals surface area (Å²) < 4.78 is 4.08. The van der Waals surface area contributed by atoms with E-state index >= 15 is 0 Å². The molecule has 7 nitrogen and oxygen atoms in total. The van der Waals surface area contributed by atoms with E-state index in [4.69, 9.17) is 0 Å². The highest BCUT2D eigenvalue weighted by Gasteiger charge is 2.27. The van der Waals surface area contributed by atoms with Crippen molar-refractivity contribution in [3.8, 4) is 0 Å². The van der Waals surface area contributed by atoms with Crippen LogP contribution in [0.3, 0.4) is 0 Å². The standard InChI is InChI=1S/C17H26N6OS/c1-13(2)25-11-16(24)23-7-4-14(5-8-23)17-20-19-15(21(17)3)10-22-9-6-18-12-22/h6,9,12-14H,4-5,7-8,10-11H2,1-3H3. The lowest BCUT2D eigenvalue weighted by atomic mass is 9.96. The van der Waals surface area contributed by atoms with Gasteiger partial charge in [-0.2, -0.15) is 0 Å². The molecular formula is C17H26N6OS. The summed E-state index contributed by atoms with van der Waals surface area (Å²) in [4.78, 5) is 18.3. The first-order valence-corrected chi connectivity index (χ1v) is 9.82. The highest BCUT2D eigenvalue weighted by Crippen LogP contribution is 2.27. The lowest BCUT2D eigenvalue weighted by Gasteiger charge is -2.31. The monoisotopic (exact) mass is 362 g/mol. The quantitative estimate of drug-likeness (QED) is 0.785. The predicted molar refractivity (Wildman–Crippen MR) is 98.5 cm³/mol. The third kappa shape index (κ3) is 4.42. The fourth-order valence-corrected chi connectivity index (χ4v) is 3.79. The zero-order valence-electron chi connectivity index (χ0n) is 15.1. The molecule has 1 saturated heterocycles. The van der Waals surface area contributed by atoms with Crippen molar-refractivity contribution >= 4 is 17.7 Å². The van der Waals surface area contributed by atoms with Gasteiger partial charge in [-0.05, 0) is 18.1 Å². The zero-order valence-corrected chi connectivity index (χ0v) is 15.9. The van der Waals surface area contributed by atoms with Gasteiger partial charge in [0, 0.05) is 38.4 Å². The summed E-state index contributed by atoms with van der Waals surface area (Å²) in [6, 6.07) is 0. The van der Waals surface area contributed by atoms with Crippen LogP contribution in [0.5, 0.6) is 0 Å². The molecular weight excluding hydrogens is 336 g/mol. The lowest BCUT2D eigenvalue weighted by Crippen LogP contribution is -2.39. The minimum Gasteiger partial charge on any atom is -0.342 e. The van der Waals surface area contributed by atoms with E-state index in [0.717, 1.165) is 37.6 Å². The van der Waals surface area contributed by atoms with Gasteiger partial charge in [-0.3, -0.25) is 4.79 Å². The molecule has 0 aromatic carbocycles.